The van der Waals surface area contributed by atoms with Gasteiger partial charge in [-0.1, -0.05) is 6.07 Å². The van der Waals surface area contributed by atoms with Crippen LogP contribution >= 0.6 is 11.8 Å². The van der Waals surface area contributed by atoms with Crippen LogP contribution in [0.15, 0.2) is 42.7 Å². The van der Waals surface area contributed by atoms with Crippen molar-refractivity contribution in [2.24, 2.45) is 0 Å². The third-order valence-electron chi connectivity index (χ3n) is 4.71. The third kappa shape index (κ3) is 3.77. The Morgan fingerprint density at radius 2 is 1.92 bits per heavy atom. The second-order valence-corrected chi connectivity index (χ2v) is 7.58. The first-order chi connectivity index (χ1) is 12.8. The number of ether oxygens (including phenoxy) is 1. The monoisotopic (exact) mass is 370 g/mol. The molecule has 4 heterocycles. The summed E-state index contributed by atoms with van der Waals surface area (Å²) in [4.78, 5) is 25.8. The van der Waals surface area contributed by atoms with E-state index >= 15 is 0 Å². The Labute approximate surface area is 157 Å². The van der Waals surface area contributed by atoms with Gasteiger partial charge in [-0.3, -0.25) is 4.79 Å². The average Bonchev–Trinajstić information content (AvgIpc) is 3.22. The predicted molar refractivity (Wildman–Crippen MR) is 103 cm³/mol. The number of pyridine rings is 2. The number of piperazine rings is 1. The number of amides is 1. The number of hydrogen-bond donors (Lipinski definition) is 0. The molecular weight excluding hydrogens is 348 g/mol. The van der Waals surface area contributed by atoms with Gasteiger partial charge >= 0.3 is 0 Å². The average molecular weight is 370 g/mol. The van der Waals surface area contributed by atoms with Crippen LogP contribution in [0.5, 0.6) is 5.88 Å². The highest BCUT2D eigenvalue weighted by Gasteiger charge is 2.27. The van der Waals surface area contributed by atoms with Gasteiger partial charge in [0.05, 0.1) is 0 Å². The molecule has 0 unspecified atom stereocenters. The summed E-state index contributed by atoms with van der Waals surface area (Å²) in [6.07, 6.45) is 4.65. The molecule has 26 heavy (non-hydrogen) atoms. The molecule has 2 aliphatic rings. The van der Waals surface area contributed by atoms with E-state index in [1.54, 1.807) is 18.5 Å². The summed E-state index contributed by atoms with van der Waals surface area (Å²) in [5.74, 6) is 3.50. The van der Waals surface area contributed by atoms with Gasteiger partial charge in [-0.25, -0.2) is 9.97 Å². The molecule has 0 aromatic carbocycles. The van der Waals surface area contributed by atoms with Gasteiger partial charge in [0, 0.05) is 44.3 Å². The number of nitrogens with zero attached hydrogens (tertiary/aromatic N) is 4. The molecular formula is C19H22N4O2S. The molecule has 2 aromatic rings. The molecule has 2 aliphatic heterocycles. The van der Waals surface area contributed by atoms with E-state index in [2.05, 4.69) is 14.9 Å². The molecule has 2 fully saturated rings. The van der Waals surface area contributed by atoms with Gasteiger partial charge in [0.25, 0.3) is 5.91 Å². The van der Waals surface area contributed by atoms with Gasteiger partial charge < -0.3 is 14.5 Å². The highest BCUT2D eigenvalue weighted by atomic mass is 32.2. The highest BCUT2D eigenvalue weighted by molar-refractivity contribution is 7.99. The Bertz CT molecular complexity index is 744. The van der Waals surface area contributed by atoms with Crippen LogP contribution in [-0.4, -0.2) is 64.6 Å². The number of carbonyl (C=O) groups excluding carboxylic acids is 1. The molecule has 0 saturated carbocycles. The van der Waals surface area contributed by atoms with Crippen molar-refractivity contribution in [2.75, 3.05) is 42.6 Å². The Morgan fingerprint density at radius 1 is 1.08 bits per heavy atom. The van der Waals surface area contributed by atoms with E-state index in [0.717, 1.165) is 36.8 Å². The highest BCUT2D eigenvalue weighted by Crippen LogP contribution is 2.25. The predicted octanol–water partition coefficient (Wildman–Crippen LogP) is 2.32. The SMILES string of the molecule is O=C(c1cccnc1O[C@@H]1CCSC1)N1CCN(c2ccccn2)CC1. The Balaban J connectivity index is 1.42. The molecule has 136 valence electrons. The molecule has 1 atom stereocenters. The normalized spacial score (nSPS) is 20.2. The fourth-order valence-corrected chi connectivity index (χ4v) is 4.35. The quantitative estimate of drug-likeness (QED) is 0.823. The van der Waals surface area contributed by atoms with Crippen LogP contribution in [0.25, 0.3) is 0 Å². The zero-order chi connectivity index (χ0) is 17.8. The number of aromatic nitrogens is 2. The minimum Gasteiger partial charge on any atom is -0.473 e. The summed E-state index contributed by atoms with van der Waals surface area (Å²) < 4.78 is 6.01. The van der Waals surface area contributed by atoms with Crippen molar-refractivity contribution < 1.29 is 9.53 Å². The molecule has 0 bridgehead atoms. The van der Waals surface area contributed by atoms with Gasteiger partial charge in [0.1, 0.15) is 17.5 Å². The topological polar surface area (TPSA) is 58.6 Å². The van der Waals surface area contributed by atoms with Gasteiger partial charge in [0.2, 0.25) is 5.88 Å². The smallest absolute Gasteiger partial charge is 0.259 e. The fourth-order valence-electron chi connectivity index (χ4n) is 3.26. The summed E-state index contributed by atoms with van der Waals surface area (Å²) in [6.45, 7) is 2.89. The van der Waals surface area contributed by atoms with Crippen molar-refractivity contribution >= 4 is 23.5 Å². The lowest BCUT2D eigenvalue weighted by molar-refractivity contribution is 0.0738. The number of hydrogen-bond acceptors (Lipinski definition) is 6. The van der Waals surface area contributed by atoms with E-state index in [9.17, 15) is 4.79 Å². The largest absolute Gasteiger partial charge is 0.473 e. The summed E-state index contributed by atoms with van der Waals surface area (Å²) >= 11 is 1.88. The molecule has 0 radical (unpaired) electrons. The summed E-state index contributed by atoms with van der Waals surface area (Å²) in [6, 6.07) is 9.52. The Morgan fingerprint density at radius 3 is 2.65 bits per heavy atom. The van der Waals surface area contributed by atoms with Crippen molar-refractivity contribution in [3.63, 3.8) is 0 Å². The van der Waals surface area contributed by atoms with Gasteiger partial charge in [-0.15, -0.1) is 0 Å². The van der Waals surface area contributed by atoms with E-state index in [4.69, 9.17) is 4.74 Å². The second kappa shape index (κ2) is 7.95. The standard InChI is InChI=1S/C19H22N4O2S/c24-19(16-4-3-8-21-18(16)25-15-6-13-26-14-15)23-11-9-22(10-12-23)17-5-1-2-7-20-17/h1-5,7-8,15H,6,9-14H2/t15-/m1/s1. The van der Waals surface area contributed by atoms with E-state index in [1.807, 2.05) is 40.9 Å². The van der Waals surface area contributed by atoms with E-state index in [0.29, 0.717) is 24.5 Å². The van der Waals surface area contributed by atoms with Crippen LogP contribution in [0.4, 0.5) is 5.82 Å². The van der Waals surface area contributed by atoms with Gasteiger partial charge in [-0.2, -0.15) is 11.8 Å². The summed E-state index contributed by atoms with van der Waals surface area (Å²) in [7, 11) is 0. The minimum atomic E-state index is -0.000536. The lowest BCUT2D eigenvalue weighted by atomic mass is 10.2. The first-order valence-corrected chi connectivity index (χ1v) is 10.1. The minimum absolute atomic E-state index is 0.000536. The molecule has 0 spiro atoms. The molecule has 7 heteroatoms. The van der Waals surface area contributed by atoms with Crippen LogP contribution < -0.4 is 9.64 Å². The lowest BCUT2D eigenvalue weighted by Crippen LogP contribution is -2.49. The number of rotatable bonds is 4. The van der Waals surface area contributed by atoms with Crippen molar-refractivity contribution in [1.82, 2.24) is 14.9 Å². The first kappa shape index (κ1) is 17.1. The van der Waals surface area contributed by atoms with Crippen molar-refractivity contribution in [1.29, 1.82) is 0 Å². The molecule has 4 rings (SSSR count). The van der Waals surface area contributed by atoms with E-state index in [1.165, 1.54) is 0 Å². The molecule has 6 nitrogen and oxygen atoms in total. The van der Waals surface area contributed by atoms with Crippen LogP contribution in [0.3, 0.4) is 0 Å². The second-order valence-electron chi connectivity index (χ2n) is 6.43. The van der Waals surface area contributed by atoms with Crippen LogP contribution in [0.1, 0.15) is 16.8 Å². The maximum absolute atomic E-state index is 13.0. The van der Waals surface area contributed by atoms with Gasteiger partial charge in [-0.05, 0) is 36.4 Å². The van der Waals surface area contributed by atoms with E-state index in [-0.39, 0.29) is 12.0 Å². The third-order valence-corrected chi connectivity index (χ3v) is 5.84. The van der Waals surface area contributed by atoms with E-state index < -0.39 is 0 Å². The maximum Gasteiger partial charge on any atom is 0.259 e. The number of anilines is 1. The van der Waals surface area contributed by atoms with Crippen molar-refractivity contribution in [2.45, 2.75) is 12.5 Å². The molecule has 2 saturated heterocycles. The Kier molecular flexibility index (Phi) is 5.24. The maximum atomic E-state index is 13.0. The zero-order valence-electron chi connectivity index (χ0n) is 14.6. The van der Waals surface area contributed by atoms with Crippen molar-refractivity contribution in [3.05, 3.63) is 48.3 Å². The van der Waals surface area contributed by atoms with Crippen LogP contribution in [0.2, 0.25) is 0 Å². The number of thioether (sulfide) groups is 1. The molecule has 0 N–H and O–H groups in total. The first-order valence-electron chi connectivity index (χ1n) is 8.96. The molecule has 0 aliphatic carbocycles. The zero-order valence-corrected chi connectivity index (χ0v) is 15.4. The fraction of sp³-hybridized carbons (Fsp3) is 0.421. The molecule has 2 aromatic heterocycles. The van der Waals surface area contributed by atoms with Gasteiger partial charge in [0.15, 0.2) is 0 Å². The molecule has 1 amide bonds. The number of carbonyl (C=O) groups is 1. The van der Waals surface area contributed by atoms with Crippen LogP contribution in [0, 0.1) is 0 Å². The summed E-state index contributed by atoms with van der Waals surface area (Å²) in [5, 5.41) is 0. The van der Waals surface area contributed by atoms with Crippen molar-refractivity contribution in [3.8, 4) is 5.88 Å². The Hall–Kier alpha value is -2.28. The summed E-state index contributed by atoms with van der Waals surface area (Å²) in [5.41, 5.74) is 0.565. The lowest BCUT2D eigenvalue weighted by Gasteiger charge is -2.35. The van der Waals surface area contributed by atoms with Crippen LogP contribution in [-0.2, 0) is 0 Å².